The van der Waals surface area contributed by atoms with Crippen LogP contribution in [0.2, 0.25) is 0 Å². The molecule has 0 aliphatic heterocycles. The molecule has 54 heavy (non-hydrogen) atoms. The van der Waals surface area contributed by atoms with Crippen molar-refractivity contribution < 1.29 is 19.0 Å². The average molecular weight is 756 g/mol. The van der Waals surface area contributed by atoms with E-state index in [1.54, 1.807) is 0 Å². The van der Waals surface area contributed by atoms with Crippen molar-refractivity contribution in [3.8, 4) is 17.2 Å². The van der Waals surface area contributed by atoms with Crippen molar-refractivity contribution in [3.63, 3.8) is 0 Å². The fourth-order valence-electron chi connectivity index (χ4n) is 6.79. The predicted octanol–water partition coefficient (Wildman–Crippen LogP) is 12.8. The van der Waals surface area contributed by atoms with Gasteiger partial charge in [-0.3, -0.25) is 15.6 Å². The van der Waals surface area contributed by atoms with E-state index in [9.17, 15) is 4.79 Å². The Hall–Kier alpha value is -4.04. The van der Waals surface area contributed by atoms with Gasteiger partial charge < -0.3 is 19.5 Å². The second-order valence-electron chi connectivity index (χ2n) is 14.4. The van der Waals surface area contributed by atoms with E-state index in [1.807, 2.05) is 60.7 Å². The molecular weight excluding hydrogens is 691 g/mol. The highest BCUT2D eigenvalue weighted by molar-refractivity contribution is 7.80. The van der Waals surface area contributed by atoms with Crippen LogP contribution in [0.1, 0.15) is 147 Å². The highest BCUT2D eigenvalue weighted by Gasteiger charge is 2.18. The average Bonchev–Trinajstić information content (AvgIpc) is 3.18. The lowest BCUT2D eigenvalue weighted by molar-refractivity contribution is 0.0947. The number of thiocarbonyl (C=S) groups is 1. The number of carbonyl (C=O) groups is 1. The first-order valence-electron chi connectivity index (χ1n) is 20.9. The molecule has 0 unspecified atom stereocenters. The quantitative estimate of drug-likeness (QED) is 0.0255. The fraction of sp³-hybridized carbons (Fsp3) is 0.522. The van der Waals surface area contributed by atoms with Crippen molar-refractivity contribution in [2.45, 2.75) is 136 Å². The number of hydrazine groups is 1. The minimum absolute atomic E-state index is 0.248. The molecule has 0 aromatic heterocycles. The van der Waals surface area contributed by atoms with Gasteiger partial charge in [-0.25, -0.2) is 0 Å². The Morgan fingerprint density at radius 1 is 0.537 bits per heavy atom. The summed E-state index contributed by atoms with van der Waals surface area (Å²) in [5, 5.41) is 7.28. The monoisotopic (exact) mass is 755 g/mol. The van der Waals surface area contributed by atoms with Crippen LogP contribution >= 0.6 is 12.2 Å². The maximum absolute atomic E-state index is 13.7. The number of hydrogen-bond acceptors (Lipinski definition) is 5. The zero-order valence-corrected chi connectivity index (χ0v) is 34.1. The zero-order chi connectivity index (χ0) is 38.2. The Morgan fingerprint density at radius 3 is 1.44 bits per heavy atom. The van der Waals surface area contributed by atoms with Crippen LogP contribution < -0.4 is 30.4 Å². The molecule has 7 nitrogen and oxygen atoms in total. The number of nitrogens with one attached hydrogen (secondary N) is 3. The van der Waals surface area contributed by atoms with E-state index < -0.39 is 0 Å². The highest BCUT2D eigenvalue weighted by Crippen LogP contribution is 2.41. The van der Waals surface area contributed by atoms with Gasteiger partial charge >= 0.3 is 0 Å². The largest absolute Gasteiger partial charge is 0.489 e. The summed E-state index contributed by atoms with van der Waals surface area (Å²) < 4.78 is 19.4. The van der Waals surface area contributed by atoms with E-state index in [4.69, 9.17) is 26.4 Å². The molecule has 0 fully saturated rings. The molecule has 0 radical (unpaired) electrons. The summed E-state index contributed by atoms with van der Waals surface area (Å²) in [7, 11) is 0. The van der Waals surface area contributed by atoms with Crippen LogP contribution in [0.3, 0.4) is 0 Å². The lowest BCUT2D eigenvalue weighted by Crippen LogP contribution is -2.43. The number of amides is 1. The van der Waals surface area contributed by atoms with E-state index in [2.05, 4.69) is 43.0 Å². The highest BCUT2D eigenvalue weighted by atomic mass is 32.1. The first-order chi connectivity index (χ1) is 26.5. The van der Waals surface area contributed by atoms with Gasteiger partial charge in [-0.2, -0.15) is 0 Å². The van der Waals surface area contributed by atoms with Crippen molar-refractivity contribution in [2.24, 2.45) is 0 Å². The third-order valence-electron chi connectivity index (χ3n) is 9.82. The number of anilines is 1. The molecule has 3 N–H and O–H groups in total. The van der Waals surface area contributed by atoms with Crippen LogP contribution in [0, 0.1) is 0 Å². The zero-order valence-electron chi connectivity index (χ0n) is 33.2. The van der Waals surface area contributed by atoms with Crippen LogP contribution in [-0.4, -0.2) is 30.8 Å². The summed E-state index contributed by atoms with van der Waals surface area (Å²) in [4.78, 5) is 13.7. The van der Waals surface area contributed by atoms with Gasteiger partial charge in [-0.1, -0.05) is 166 Å². The van der Waals surface area contributed by atoms with Crippen LogP contribution in [0.5, 0.6) is 17.2 Å². The summed E-state index contributed by atoms with van der Waals surface area (Å²) in [6.45, 7) is 8.52. The second kappa shape index (κ2) is 25.1. The topological polar surface area (TPSA) is 80.9 Å². The van der Waals surface area contributed by atoms with E-state index in [0.29, 0.717) is 48.3 Å². The smallest absolute Gasteiger partial charge is 0.270 e. The molecular formula is C46H65N3O4S. The van der Waals surface area contributed by atoms with Gasteiger partial charge in [0, 0.05) is 17.8 Å². The number of hydrogen-bond donors (Lipinski definition) is 3. The van der Waals surface area contributed by atoms with Crippen molar-refractivity contribution in [3.05, 3.63) is 72.3 Å². The third kappa shape index (κ3) is 14.3. The molecule has 0 saturated heterocycles. The predicted molar refractivity (Wildman–Crippen MR) is 231 cm³/mol. The number of ether oxygens (including phenoxy) is 3. The summed E-state index contributed by atoms with van der Waals surface area (Å²) in [6.07, 6.45) is 21.3. The molecule has 0 atom stereocenters. The molecule has 0 bridgehead atoms. The Morgan fingerprint density at radius 2 is 0.963 bits per heavy atom. The number of unbranched alkanes of at least 4 members (excludes halogenated alkanes) is 15. The Kier molecular flexibility index (Phi) is 19.9. The first kappa shape index (κ1) is 42.7. The second-order valence-corrected chi connectivity index (χ2v) is 14.8. The molecule has 4 aromatic rings. The molecule has 294 valence electrons. The van der Waals surface area contributed by atoms with Gasteiger partial charge in [-0.15, -0.1) is 0 Å². The van der Waals surface area contributed by atoms with Gasteiger partial charge in [-0.05, 0) is 59.1 Å². The van der Waals surface area contributed by atoms with Crippen LogP contribution in [0.4, 0.5) is 5.69 Å². The number of fused-ring (bicyclic) bond motifs is 2. The Labute approximate surface area is 330 Å². The summed E-state index contributed by atoms with van der Waals surface area (Å²) >= 11 is 5.71. The molecule has 4 rings (SSSR count). The van der Waals surface area contributed by atoms with Crippen molar-refractivity contribution in [1.29, 1.82) is 0 Å². The van der Waals surface area contributed by atoms with Crippen LogP contribution in [0.25, 0.3) is 21.5 Å². The SMILES string of the molecule is CCCCCCCCOc1cc(NC(=S)NNC(=O)c2c3ccccc3cc3ccccc23)cc(OCCCCCCCC)c1OCCCCCCCC. The third-order valence-corrected chi connectivity index (χ3v) is 10.0. The van der Waals surface area contributed by atoms with Crippen molar-refractivity contribution >= 4 is 50.5 Å². The number of rotatable bonds is 26. The van der Waals surface area contributed by atoms with Gasteiger partial charge in [0.25, 0.3) is 5.91 Å². The maximum Gasteiger partial charge on any atom is 0.270 e. The van der Waals surface area contributed by atoms with Gasteiger partial charge in [0.1, 0.15) is 0 Å². The molecule has 0 aliphatic carbocycles. The summed E-state index contributed by atoms with van der Waals surface area (Å²) in [6, 6.07) is 21.8. The van der Waals surface area contributed by atoms with Gasteiger partial charge in [0.2, 0.25) is 5.75 Å². The van der Waals surface area contributed by atoms with Crippen molar-refractivity contribution in [1.82, 2.24) is 10.9 Å². The van der Waals surface area contributed by atoms with Gasteiger partial charge in [0.15, 0.2) is 16.6 Å². The Bertz CT molecular complexity index is 1620. The maximum atomic E-state index is 13.7. The normalized spacial score (nSPS) is 11.1. The van der Waals surface area contributed by atoms with Crippen molar-refractivity contribution in [2.75, 3.05) is 25.1 Å². The summed E-state index contributed by atoms with van der Waals surface area (Å²) in [5.74, 6) is 1.68. The van der Waals surface area contributed by atoms with E-state index in [-0.39, 0.29) is 11.0 Å². The van der Waals surface area contributed by atoms with Gasteiger partial charge in [0.05, 0.1) is 25.4 Å². The lowest BCUT2D eigenvalue weighted by Gasteiger charge is -2.20. The Balaban J connectivity index is 1.49. The summed E-state index contributed by atoms with van der Waals surface area (Å²) in [5.41, 5.74) is 7.07. The first-order valence-corrected chi connectivity index (χ1v) is 21.3. The minimum Gasteiger partial charge on any atom is -0.489 e. The molecule has 0 spiro atoms. The standard InChI is InChI=1S/C46H65N3O4S/c1-4-7-10-13-16-23-30-51-41-34-38(35-42(52-31-24-17-14-11-8-5-2)44(41)53-32-25-18-15-12-9-6-3)47-46(54)49-48-45(50)43-39-28-21-19-26-36(39)33-37-27-20-22-29-40(37)43/h19-22,26-29,33-35H,4-18,23-25,30-32H2,1-3H3,(H,48,50)(H2,47,49,54). The molecule has 0 saturated carbocycles. The minimum atomic E-state index is -0.267. The molecule has 1 amide bonds. The van der Waals surface area contributed by atoms with E-state index in [1.165, 1.54) is 77.0 Å². The van der Waals surface area contributed by atoms with Crippen LogP contribution in [-0.2, 0) is 0 Å². The molecule has 4 aromatic carbocycles. The number of benzene rings is 4. The van der Waals surface area contributed by atoms with Crippen LogP contribution in [0.15, 0.2) is 66.7 Å². The lowest BCUT2D eigenvalue weighted by atomic mass is 9.96. The molecule has 0 aliphatic rings. The molecule has 0 heterocycles. The molecule has 8 heteroatoms. The fourth-order valence-corrected chi connectivity index (χ4v) is 6.96. The number of carbonyl (C=O) groups excluding carboxylic acids is 1. The van der Waals surface area contributed by atoms with E-state index >= 15 is 0 Å². The van der Waals surface area contributed by atoms with E-state index in [0.717, 1.165) is 60.1 Å².